The van der Waals surface area contributed by atoms with Crippen molar-refractivity contribution >= 4 is 15.9 Å². The lowest BCUT2D eigenvalue weighted by molar-refractivity contribution is 0.0704. The molecule has 7 heteroatoms. The minimum atomic E-state index is -3.74. The molecule has 0 bridgehead atoms. The zero-order chi connectivity index (χ0) is 18.9. The molecule has 144 valence electrons. The summed E-state index contributed by atoms with van der Waals surface area (Å²) >= 11 is 0. The number of amides is 1. The number of nitrogens with two attached hydrogens (primary N) is 1. The van der Waals surface area contributed by atoms with Gasteiger partial charge in [0.2, 0.25) is 10.0 Å². The normalized spacial score (nSPS) is 22.5. The zero-order valence-corrected chi connectivity index (χ0v) is 16.4. The molecule has 1 amide bonds. The van der Waals surface area contributed by atoms with Gasteiger partial charge >= 0.3 is 0 Å². The van der Waals surface area contributed by atoms with Gasteiger partial charge in [0.05, 0.1) is 4.90 Å². The molecule has 2 fully saturated rings. The summed E-state index contributed by atoms with van der Waals surface area (Å²) < 4.78 is 22.8. The van der Waals surface area contributed by atoms with Crippen molar-refractivity contribution in [2.24, 2.45) is 17.0 Å². The Labute approximate surface area is 156 Å². The van der Waals surface area contributed by atoms with Crippen LogP contribution in [0.15, 0.2) is 29.2 Å². The third kappa shape index (κ3) is 4.64. The Morgan fingerprint density at radius 3 is 2.38 bits per heavy atom. The van der Waals surface area contributed by atoms with Crippen molar-refractivity contribution in [1.29, 1.82) is 0 Å². The van der Waals surface area contributed by atoms with Gasteiger partial charge in [-0.3, -0.25) is 9.69 Å². The van der Waals surface area contributed by atoms with Crippen molar-refractivity contribution in [3.05, 3.63) is 29.8 Å². The first-order valence-corrected chi connectivity index (χ1v) is 11.0. The molecular formula is C19H29N3O3S. The van der Waals surface area contributed by atoms with E-state index in [1.54, 1.807) is 12.1 Å². The van der Waals surface area contributed by atoms with Gasteiger partial charge in [-0.05, 0) is 55.4 Å². The van der Waals surface area contributed by atoms with E-state index in [0.29, 0.717) is 17.5 Å². The molecule has 1 aliphatic carbocycles. The Balaban J connectivity index is 1.73. The summed E-state index contributed by atoms with van der Waals surface area (Å²) in [6.07, 6.45) is 3.64. The molecule has 26 heavy (non-hydrogen) atoms. The average molecular weight is 380 g/mol. The second-order valence-corrected chi connectivity index (χ2v) is 9.49. The second-order valence-electron chi connectivity index (χ2n) is 7.92. The number of carbonyl (C=O) groups is 1. The van der Waals surface area contributed by atoms with Crippen LogP contribution in [0.5, 0.6) is 0 Å². The Kier molecular flexibility index (Phi) is 5.69. The largest absolute Gasteiger partial charge is 0.337 e. The van der Waals surface area contributed by atoms with E-state index >= 15 is 0 Å². The summed E-state index contributed by atoms with van der Waals surface area (Å²) in [6.45, 7) is 8.08. The van der Waals surface area contributed by atoms with E-state index in [1.807, 2.05) is 4.90 Å². The predicted molar refractivity (Wildman–Crippen MR) is 101 cm³/mol. The number of nitrogens with zero attached hydrogens (tertiary/aromatic N) is 2. The summed E-state index contributed by atoms with van der Waals surface area (Å²) in [4.78, 5) is 17.5. The fourth-order valence-electron chi connectivity index (χ4n) is 3.71. The zero-order valence-electron chi connectivity index (χ0n) is 15.6. The molecule has 0 radical (unpaired) electrons. The molecule has 0 unspecified atom stereocenters. The van der Waals surface area contributed by atoms with Crippen molar-refractivity contribution in [2.45, 2.75) is 44.0 Å². The van der Waals surface area contributed by atoms with Crippen LogP contribution in [0, 0.1) is 11.8 Å². The fourth-order valence-corrected chi connectivity index (χ4v) is 4.22. The van der Waals surface area contributed by atoms with Crippen LogP contribution in [-0.4, -0.2) is 56.3 Å². The number of benzene rings is 1. The summed E-state index contributed by atoms with van der Waals surface area (Å²) in [5.41, 5.74) is 0.510. The molecular weight excluding hydrogens is 350 g/mol. The van der Waals surface area contributed by atoms with Crippen molar-refractivity contribution in [2.75, 3.05) is 26.2 Å². The van der Waals surface area contributed by atoms with Gasteiger partial charge in [0.25, 0.3) is 5.91 Å². The van der Waals surface area contributed by atoms with Gasteiger partial charge in [-0.25, -0.2) is 13.6 Å². The molecule has 1 saturated heterocycles. The van der Waals surface area contributed by atoms with Gasteiger partial charge < -0.3 is 4.90 Å². The highest BCUT2D eigenvalue weighted by atomic mass is 32.2. The number of primary sulfonamides is 1. The highest BCUT2D eigenvalue weighted by molar-refractivity contribution is 7.89. The van der Waals surface area contributed by atoms with Crippen LogP contribution in [0.3, 0.4) is 0 Å². The molecule has 0 spiro atoms. The molecule has 1 aliphatic heterocycles. The fraction of sp³-hybridized carbons (Fsp3) is 0.632. The molecule has 3 rings (SSSR count). The Morgan fingerprint density at radius 1 is 1.19 bits per heavy atom. The number of rotatable bonds is 5. The Bertz CT molecular complexity index is 742. The van der Waals surface area contributed by atoms with Crippen LogP contribution < -0.4 is 5.14 Å². The monoisotopic (exact) mass is 379 g/mol. The first-order valence-electron chi connectivity index (χ1n) is 9.42. The lowest BCUT2D eigenvalue weighted by Crippen LogP contribution is -2.46. The number of carbonyl (C=O) groups excluding carboxylic acids is 1. The molecule has 1 atom stereocenters. The lowest BCUT2D eigenvalue weighted by Gasteiger charge is -2.34. The third-order valence-corrected chi connectivity index (χ3v) is 6.36. The van der Waals surface area contributed by atoms with Crippen LogP contribution in [0.4, 0.5) is 0 Å². The van der Waals surface area contributed by atoms with Gasteiger partial charge in [0.15, 0.2) is 0 Å². The highest BCUT2D eigenvalue weighted by Crippen LogP contribution is 2.32. The molecule has 0 aromatic heterocycles. The maximum absolute atomic E-state index is 12.9. The quantitative estimate of drug-likeness (QED) is 0.847. The van der Waals surface area contributed by atoms with Crippen LogP contribution >= 0.6 is 0 Å². The SMILES string of the molecule is CC(C)[C@H]1CN(C(=O)c2ccc(S(N)(=O)=O)cc2)CCCN1CC1CC1. The van der Waals surface area contributed by atoms with Crippen LogP contribution in [0.1, 0.15) is 43.5 Å². The van der Waals surface area contributed by atoms with E-state index < -0.39 is 10.0 Å². The van der Waals surface area contributed by atoms with Gasteiger partial charge in [0, 0.05) is 37.8 Å². The highest BCUT2D eigenvalue weighted by Gasteiger charge is 2.33. The first-order chi connectivity index (χ1) is 12.3. The number of sulfonamides is 1. The maximum atomic E-state index is 12.9. The average Bonchev–Trinajstić information content (AvgIpc) is 3.41. The van der Waals surface area contributed by atoms with Crippen LogP contribution in [0.25, 0.3) is 0 Å². The third-order valence-electron chi connectivity index (χ3n) is 5.43. The molecule has 1 heterocycles. The van der Waals surface area contributed by atoms with E-state index in [0.717, 1.165) is 38.5 Å². The summed E-state index contributed by atoms with van der Waals surface area (Å²) in [7, 11) is -3.74. The molecule has 1 aromatic carbocycles. The van der Waals surface area contributed by atoms with E-state index in [2.05, 4.69) is 18.7 Å². The summed E-state index contributed by atoms with van der Waals surface area (Å²) in [6, 6.07) is 6.28. The molecule has 2 aliphatic rings. The molecule has 1 aromatic rings. The Hall–Kier alpha value is -1.44. The van der Waals surface area contributed by atoms with E-state index in [-0.39, 0.29) is 10.8 Å². The van der Waals surface area contributed by atoms with Crippen molar-refractivity contribution in [3.63, 3.8) is 0 Å². The van der Waals surface area contributed by atoms with Crippen molar-refractivity contribution < 1.29 is 13.2 Å². The lowest BCUT2D eigenvalue weighted by atomic mass is 10.0. The van der Waals surface area contributed by atoms with E-state index in [4.69, 9.17) is 5.14 Å². The first kappa shape index (κ1) is 19.3. The van der Waals surface area contributed by atoms with E-state index in [1.165, 1.54) is 25.0 Å². The minimum Gasteiger partial charge on any atom is -0.337 e. The molecule has 6 nitrogen and oxygen atoms in total. The van der Waals surface area contributed by atoms with Crippen LogP contribution in [0.2, 0.25) is 0 Å². The minimum absolute atomic E-state index is 0.0283. The Morgan fingerprint density at radius 2 is 1.85 bits per heavy atom. The topological polar surface area (TPSA) is 83.7 Å². The molecule has 2 N–H and O–H groups in total. The number of hydrogen-bond donors (Lipinski definition) is 1. The van der Waals surface area contributed by atoms with Gasteiger partial charge in [-0.2, -0.15) is 0 Å². The predicted octanol–water partition coefficient (Wildman–Crippen LogP) is 1.92. The van der Waals surface area contributed by atoms with Crippen LogP contribution in [-0.2, 0) is 10.0 Å². The molecule has 1 saturated carbocycles. The number of hydrogen-bond acceptors (Lipinski definition) is 4. The van der Waals surface area contributed by atoms with Crippen molar-refractivity contribution in [3.8, 4) is 0 Å². The summed E-state index contributed by atoms with van der Waals surface area (Å²) in [5, 5.41) is 5.13. The maximum Gasteiger partial charge on any atom is 0.253 e. The van der Waals surface area contributed by atoms with Gasteiger partial charge in [-0.1, -0.05) is 13.8 Å². The van der Waals surface area contributed by atoms with Gasteiger partial charge in [0.1, 0.15) is 0 Å². The van der Waals surface area contributed by atoms with E-state index in [9.17, 15) is 13.2 Å². The van der Waals surface area contributed by atoms with Crippen molar-refractivity contribution in [1.82, 2.24) is 9.80 Å². The van der Waals surface area contributed by atoms with Gasteiger partial charge in [-0.15, -0.1) is 0 Å². The second kappa shape index (κ2) is 7.66. The standard InChI is InChI=1S/C19H29N3O3S/c1-14(2)18-13-22(11-3-10-21(18)12-15-4-5-15)19(23)16-6-8-17(9-7-16)26(20,24)25/h6-9,14-15,18H,3-5,10-13H2,1-2H3,(H2,20,24,25)/t18-/m1/s1. The summed E-state index contributed by atoms with van der Waals surface area (Å²) in [5.74, 6) is 1.28. The smallest absolute Gasteiger partial charge is 0.253 e.